The first-order chi connectivity index (χ1) is 13.2. The van der Waals surface area contributed by atoms with E-state index in [1.807, 2.05) is 13.1 Å². The van der Waals surface area contributed by atoms with E-state index in [1.54, 1.807) is 0 Å². The van der Waals surface area contributed by atoms with Gasteiger partial charge in [0.2, 0.25) is 0 Å². The van der Waals surface area contributed by atoms with Crippen LogP contribution in [0.2, 0.25) is 0 Å². The summed E-state index contributed by atoms with van der Waals surface area (Å²) in [5.74, 6) is 1.11. The van der Waals surface area contributed by atoms with Crippen molar-refractivity contribution in [3.05, 3.63) is 58.8 Å². The second-order valence-electron chi connectivity index (χ2n) is 8.18. The lowest BCUT2D eigenvalue weighted by Gasteiger charge is -2.20. The summed E-state index contributed by atoms with van der Waals surface area (Å²) >= 11 is 0. The van der Waals surface area contributed by atoms with E-state index in [-0.39, 0.29) is 0 Å². The number of rotatable bonds is 5. The summed E-state index contributed by atoms with van der Waals surface area (Å²) in [7, 11) is 0. The summed E-state index contributed by atoms with van der Waals surface area (Å²) in [5.41, 5.74) is 6.79. The van der Waals surface area contributed by atoms with Gasteiger partial charge in [-0.15, -0.1) is 0 Å². The molecule has 1 N–H and O–H groups in total. The zero-order valence-electron chi connectivity index (χ0n) is 16.8. The van der Waals surface area contributed by atoms with Crippen LogP contribution in [0, 0.1) is 0 Å². The molecule has 2 aliphatic carbocycles. The number of nitrogens with one attached hydrogen (secondary N) is 1. The summed E-state index contributed by atoms with van der Waals surface area (Å²) in [6.45, 7) is 6.42. The Kier molecular flexibility index (Phi) is 5.20. The molecule has 3 heteroatoms. The van der Waals surface area contributed by atoms with E-state index in [0.717, 1.165) is 18.7 Å². The first-order valence-corrected chi connectivity index (χ1v) is 10.4. The van der Waals surface area contributed by atoms with Crippen molar-refractivity contribution in [3.63, 3.8) is 0 Å². The Morgan fingerprint density at radius 1 is 1.07 bits per heavy atom. The van der Waals surface area contributed by atoms with Gasteiger partial charge in [0.05, 0.1) is 0 Å². The van der Waals surface area contributed by atoms with Gasteiger partial charge in [0.1, 0.15) is 5.82 Å². The van der Waals surface area contributed by atoms with Crippen molar-refractivity contribution in [1.29, 1.82) is 0 Å². The van der Waals surface area contributed by atoms with Gasteiger partial charge in [0.25, 0.3) is 0 Å². The van der Waals surface area contributed by atoms with Crippen molar-refractivity contribution in [2.24, 2.45) is 4.99 Å². The number of hydrogen-bond acceptors (Lipinski definition) is 2. The van der Waals surface area contributed by atoms with Gasteiger partial charge in [-0.1, -0.05) is 42.7 Å². The lowest BCUT2D eigenvalue weighted by Crippen LogP contribution is -2.28. The second-order valence-corrected chi connectivity index (χ2v) is 8.18. The molecule has 1 aromatic heterocycles. The number of aromatic nitrogens is 1. The zero-order chi connectivity index (χ0) is 18.8. The van der Waals surface area contributed by atoms with Crippen LogP contribution in [0.3, 0.4) is 0 Å². The van der Waals surface area contributed by atoms with Gasteiger partial charge >= 0.3 is 0 Å². The largest absolute Gasteiger partial charge is 0.381 e. The molecule has 0 bridgehead atoms. The highest BCUT2D eigenvalue weighted by Crippen LogP contribution is 2.38. The van der Waals surface area contributed by atoms with Gasteiger partial charge in [-0.2, -0.15) is 0 Å². The van der Waals surface area contributed by atoms with Crippen molar-refractivity contribution in [3.8, 4) is 0 Å². The molecule has 2 aliphatic rings. The van der Waals surface area contributed by atoms with Gasteiger partial charge in [0.15, 0.2) is 0 Å². The molecule has 0 unspecified atom stereocenters. The predicted octanol–water partition coefficient (Wildman–Crippen LogP) is 5.83. The first-order valence-electron chi connectivity index (χ1n) is 10.4. The number of allylic oxidation sites excluding steroid dienone is 1. The summed E-state index contributed by atoms with van der Waals surface area (Å²) in [6.07, 6.45) is 11.6. The third kappa shape index (κ3) is 3.60. The molecule has 1 aromatic carbocycles. The van der Waals surface area contributed by atoms with Crippen LogP contribution in [0.15, 0.2) is 47.1 Å². The maximum absolute atomic E-state index is 4.79. The van der Waals surface area contributed by atoms with Gasteiger partial charge in [-0.05, 0) is 63.6 Å². The van der Waals surface area contributed by atoms with Crippen molar-refractivity contribution in [2.45, 2.75) is 71.4 Å². The molecule has 0 saturated heterocycles. The molecule has 142 valence electrons. The van der Waals surface area contributed by atoms with Crippen LogP contribution in [-0.2, 0) is 12.8 Å². The minimum Gasteiger partial charge on any atom is -0.381 e. The molecule has 0 radical (unpaired) electrons. The highest BCUT2D eigenvalue weighted by molar-refractivity contribution is 5.76. The lowest BCUT2D eigenvalue weighted by atomic mass is 10.1. The van der Waals surface area contributed by atoms with Crippen LogP contribution < -0.4 is 5.32 Å². The fraction of sp³-hybridized carbons (Fsp3) is 0.458. The van der Waals surface area contributed by atoms with Gasteiger partial charge in [-0.3, -0.25) is 0 Å². The Labute approximate surface area is 163 Å². The Morgan fingerprint density at radius 3 is 2.33 bits per heavy atom. The summed E-state index contributed by atoms with van der Waals surface area (Å²) in [6, 6.07) is 12.2. The molecule has 1 fully saturated rings. The van der Waals surface area contributed by atoms with Gasteiger partial charge in [-0.25, -0.2) is 4.99 Å². The molecular formula is C24H31N3. The predicted molar refractivity (Wildman–Crippen MR) is 115 cm³/mol. The zero-order valence-corrected chi connectivity index (χ0v) is 16.8. The average Bonchev–Trinajstić information content (AvgIpc) is 3.38. The molecule has 0 aliphatic heterocycles. The van der Waals surface area contributed by atoms with Crippen molar-refractivity contribution >= 4 is 17.7 Å². The molecule has 0 amide bonds. The van der Waals surface area contributed by atoms with Crippen molar-refractivity contribution in [2.75, 3.05) is 0 Å². The third-order valence-corrected chi connectivity index (χ3v) is 6.03. The molecule has 3 nitrogen and oxygen atoms in total. The highest BCUT2D eigenvalue weighted by atomic mass is 15.1. The van der Waals surface area contributed by atoms with Crippen LogP contribution in [-0.4, -0.2) is 16.8 Å². The average molecular weight is 362 g/mol. The van der Waals surface area contributed by atoms with Crippen LogP contribution in [0.4, 0.5) is 5.82 Å². The van der Waals surface area contributed by atoms with E-state index in [1.165, 1.54) is 53.6 Å². The molecule has 1 heterocycles. The smallest absolute Gasteiger partial charge is 0.141 e. The summed E-state index contributed by atoms with van der Waals surface area (Å²) in [5, 5.41) is 3.87. The number of fused-ring (bicyclic) bond motifs is 1. The molecular weight excluding hydrogens is 330 g/mol. The molecule has 4 rings (SSSR count). The lowest BCUT2D eigenvalue weighted by molar-refractivity contribution is 0.524. The normalized spacial score (nSPS) is 17.6. The third-order valence-electron chi connectivity index (χ3n) is 6.03. The van der Waals surface area contributed by atoms with E-state index in [0.29, 0.717) is 12.1 Å². The standard InChI is InChI=1S/C24H31N3/c1-4-25-24-22(13-14-27(24)21-11-7-8-12-21)23(17(2)3)26-20-15-18-9-5-6-10-19(18)16-20/h4-6,9-10,13-14,20-21,26H,7-8,11-12,15-16H2,1-3H3/b25-4-. The van der Waals surface area contributed by atoms with Crippen LogP contribution >= 0.6 is 0 Å². The van der Waals surface area contributed by atoms with Gasteiger partial charge < -0.3 is 9.88 Å². The highest BCUT2D eigenvalue weighted by Gasteiger charge is 2.25. The SMILES string of the molecule is C/C=N\c1c(C(NC2Cc3ccccc3C2)=C(C)C)ccn1C1CCCC1. The minimum atomic E-state index is 0.459. The minimum absolute atomic E-state index is 0.459. The van der Waals surface area contributed by atoms with E-state index >= 15 is 0 Å². The number of nitrogens with zero attached hydrogens (tertiary/aromatic N) is 2. The fourth-order valence-corrected chi connectivity index (χ4v) is 4.73. The van der Waals surface area contributed by atoms with Gasteiger partial charge in [0, 0.05) is 35.8 Å². The van der Waals surface area contributed by atoms with E-state index in [9.17, 15) is 0 Å². The maximum atomic E-state index is 4.79. The Bertz CT molecular complexity index is 837. The van der Waals surface area contributed by atoms with E-state index in [4.69, 9.17) is 4.99 Å². The Hall–Kier alpha value is -2.29. The molecule has 1 saturated carbocycles. The topological polar surface area (TPSA) is 29.3 Å². The summed E-state index contributed by atoms with van der Waals surface area (Å²) < 4.78 is 2.41. The Morgan fingerprint density at radius 2 is 1.74 bits per heavy atom. The molecule has 27 heavy (non-hydrogen) atoms. The fourth-order valence-electron chi connectivity index (χ4n) is 4.73. The molecule has 0 spiro atoms. The van der Waals surface area contributed by atoms with Crippen LogP contribution in [0.25, 0.3) is 5.70 Å². The second kappa shape index (κ2) is 7.75. The van der Waals surface area contributed by atoms with E-state index in [2.05, 4.69) is 60.3 Å². The quantitative estimate of drug-likeness (QED) is 0.667. The number of benzene rings is 1. The molecule has 2 aromatic rings. The Balaban J connectivity index is 1.63. The monoisotopic (exact) mass is 361 g/mol. The van der Waals surface area contributed by atoms with Crippen LogP contribution in [0.5, 0.6) is 0 Å². The number of aliphatic imine (C=N–C) groups is 1. The van der Waals surface area contributed by atoms with Crippen molar-refractivity contribution in [1.82, 2.24) is 9.88 Å². The van der Waals surface area contributed by atoms with E-state index < -0.39 is 0 Å². The maximum Gasteiger partial charge on any atom is 0.141 e. The van der Waals surface area contributed by atoms with Crippen LogP contribution in [0.1, 0.15) is 69.2 Å². The number of hydrogen-bond donors (Lipinski definition) is 1. The first kappa shape index (κ1) is 18.1. The molecule has 0 atom stereocenters. The summed E-state index contributed by atoms with van der Waals surface area (Å²) in [4.78, 5) is 4.79. The van der Waals surface area contributed by atoms with Crippen molar-refractivity contribution < 1.29 is 0 Å².